The third kappa shape index (κ3) is 5.58. The summed E-state index contributed by atoms with van der Waals surface area (Å²) in [5, 5.41) is 5.61. The zero-order valence-corrected chi connectivity index (χ0v) is 20.5. The third-order valence-electron chi connectivity index (χ3n) is 5.48. The van der Waals surface area contributed by atoms with Gasteiger partial charge in [-0.3, -0.25) is 9.52 Å². The number of hydrogen-bond donors (Lipinski definition) is 3. The summed E-state index contributed by atoms with van der Waals surface area (Å²) in [5.74, 6) is -3.09. The molecule has 0 aromatic heterocycles. The van der Waals surface area contributed by atoms with Gasteiger partial charge in [-0.2, -0.15) is 0 Å². The van der Waals surface area contributed by atoms with Crippen LogP contribution in [0.1, 0.15) is 6.42 Å². The van der Waals surface area contributed by atoms with Crippen molar-refractivity contribution in [2.45, 2.75) is 12.5 Å². The van der Waals surface area contributed by atoms with Gasteiger partial charge in [0, 0.05) is 28.4 Å². The smallest absolute Gasteiger partial charge is 0.319 e. The van der Waals surface area contributed by atoms with Crippen molar-refractivity contribution in [3.8, 4) is 11.1 Å². The molecule has 3 aromatic rings. The predicted octanol–water partition coefficient (Wildman–Crippen LogP) is 4.58. The van der Waals surface area contributed by atoms with Crippen molar-refractivity contribution < 1.29 is 26.8 Å². The summed E-state index contributed by atoms with van der Waals surface area (Å²) in [7, 11) is -3.66. The number of nitrogens with one attached hydrogen (secondary N) is 3. The molecule has 0 spiro atoms. The molecule has 3 aromatic carbocycles. The zero-order valence-electron chi connectivity index (χ0n) is 18.9. The van der Waals surface area contributed by atoms with E-state index in [1.807, 2.05) is 0 Å². The highest BCUT2D eigenvalue weighted by Crippen LogP contribution is 2.35. The number of urea groups is 1. The molecule has 3 amide bonds. The third-order valence-corrected chi connectivity index (χ3v) is 6.32. The van der Waals surface area contributed by atoms with Gasteiger partial charge in [-0.25, -0.2) is 22.0 Å². The molecule has 12 heteroatoms. The van der Waals surface area contributed by atoms with Gasteiger partial charge >= 0.3 is 6.03 Å². The van der Waals surface area contributed by atoms with E-state index in [1.165, 1.54) is 24.3 Å². The summed E-state index contributed by atoms with van der Waals surface area (Å²) >= 11 is 5.82. The van der Waals surface area contributed by atoms with E-state index in [1.54, 1.807) is 36.4 Å². The lowest BCUT2D eigenvalue weighted by Crippen LogP contribution is -2.43. The molecule has 0 radical (unpaired) electrons. The molecule has 1 fully saturated rings. The van der Waals surface area contributed by atoms with Crippen LogP contribution in [0.5, 0.6) is 0 Å². The molecule has 188 valence electrons. The standard InChI is InChI=1S/C24H21ClF2N4O4S/c1-36(34,35)30-18-5-3-2-4-16(18)17-10-11-20(22(27)21(17)26)31-13-12-19(23(31)32)29-24(33)28-15-8-6-14(25)7-9-15/h2-11,19,30H,12-13H2,1H3,(H2,28,29,33). The highest BCUT2D eigenvalue weighted by Gasteiger charge is 2.36. The summed E-state index contributed by atoms with van der Waals surface area (Å²) < 4.78 is 55.9. The number of amides is 3. The monoisotopic (exact) mass is 534 g/mol. The normalized spacial score (nSPS) is 15.6. The number of nitrogens with zero attached hydrogens (tertiary/aromatic N) is 1. The summed E-state index contributed by atoms with van der Waals surface area (Å²) in [6, 6.07) is 13.3. The maximum atomic E-state index is 15.1. The van der Waals surface area contributed by atoms with E-state index in [0.717, 1.165) is 11.2 Å². The molecule has 8 nitrogen and oxygen atoms in total. The molecule has 1 aliphatic heterocycles. The highest BCUT2D eigenvalue weighted by atomic mass is 35.5. The van der Waals surface area contributed by atoms with Gasteiger partial charge in [0.2, 0.25) is 15.9 Å². The fourth-order valence-electron chi connectivity index (χ4n) is 3.87. The quantitative estimate of drug-likeness (QED) is 0.430. The van der Waals surface area contributed by atoms with E-state index in [2.05, 4.69) is 15.4 Å². The van der Waals surface area contributed by atoms with Crippen molar-refractivity contribution in [3.63, 3.8) is 0 Å². The zero-order chi connectivity index (χ0) is 26.0. The minimum Gasteiger partial charge on any atom is -0.326 e. The predicted molar refractivity (Wildman–Crippen MR) is 135 cm³/mol. The van der Waals surface area contributed by atoms with Crippen LogP contribution < -0.4 is 20.3 Å². The molecule has 1 saturated heterocycles. The number of anilines is 3. The Labute approximate surface area is 211 Å². The molecule has 1 heterocycles. The molecule has 1 atom stereocenters. The number of hydrogen-bond acceptors (Lipinski definition) is 4. The average molecular weight is 535 g/mol. The lowest BCUT2D eigenvalue weighted by molar-refractivity contribution is -0.118. The maximum absolute atomic E-state index is 15.1. The van der Waals surface area contributed by atoms with E-state index in [9.17, 15) is 18.0 Å². The first-order valence-electron chi connectivity index (χ1n) is 10.7. The topological polar surface area (TPSA) is 108 Å². The fraction of sp³-hybridized carbons (Fsp3) is 0.167. The molecular weight excluding hydrogens is 514 g/mol. The molecule has 3 N–H and O–H groups in total. The highest BCUT2D eigenvalue weighted by molar-refractivity contribution is 7.92. The van der Waals surface area contributed by atoms with E-state index < -0.39 is 39.6 Å². The molecule has 1 unspecified atom stereocenters. The minimum absolute atomic E-state index is 0.0622. The van der Waals surface area contributed by atoms with Gasteiger partial charge in [0.15, 0.2) is 11.6 Å². The molecule has 0 aliphatic carbocycles. The molecule has 4 rings (SSSR count). The molecule has 36 heavy (non-hydrogen) atoms. The first kappa shape index (κ1) is 25.4. The summed E-state index contributed by atoms with van der Waals surface area (Å²) in [6.45, 7) is 0.0622. The van der Waals surface area contributed by atoms with Crippen LogP contribution in [0, 0.1) is 11.6 Å². The Hall–Kier alpha value is -3.70. The first-order chi connectivity index (χ1) is 17.0. The molecule has 0 saturated carbocycles. The van der Waals surface area contributed by atoms with Gasteiger partial charge in [0.05, 0.1) is 17.6 Å². The Kier molecular flexibility index (Phi) is 7.14. The lowest BCUT2D eigenvalue weighted by atomic mass is 10.0. The van der Waals surface area contributed by atoms with Crippen molar-refractivity contribution in [2.75, 3.05) is 27.7 Å². The SMILES string of the molecule is CS(=O)(=O)Nc1ccccc1-c1ccc(N2CCC(NC(=O)Nc3ccc(Cl)cc3)C2=O)c(F)c1F. The Morgan fingerprint density at radius 3 is 2.39 bits per heavy atom. The van der Waals surface area contributed by atoms with Crippen molar-refractivity contribution in [3.05, 3.63) is 77.3 Å². The fourth-order valence-corrected chi connectivity index (χ4v) is 4.58. The molecular formula is C24H21ClF2N4O4S. The summed E-state index contributed by atoms with van der Waals surface area (Å²) in [4.78, 5) is 26.2. The van der Waals surface area contributed by atoms with Crippen LogP contribution in [0.3, 0.4) is 0 Å². The van der Waals surface area contributed by atoms with Gasteiger partial charge in [-0.05, 0) is 48.9 Å². The molecule has 1 aliphatic rings. The van der Waals surface area contributed by atoms with Crippen LogP contribution in [0.2, 0.25) is 5.02 Å². The van der Waals surface area contributed by atoms with Crippen LogP contribution in [-0.2, 0) is 14.8 Å². The number of carbonyl (C=O) groups is 2. The van der Waals surface area contributed by atoms with Gasteiger partial charge in [0.1, 0.15) is 6.04 Å². The summed E-state index contributed by atoms with van der Waals surface area (Å²) in [6.07, 6.45) is 1.14. The van der Waals surface area contributed by atoms with Crippen LogP contribution in [-0.4, -0.2) is 39.2 Å². The summed E-state index contributed by atoms with van der Waals surface area (Å²) in [5.41, 5.74) is 0.230. The maximum Gasteiger partial charge on any atom is 0.319 e. The van der Waals surface area contributed by atoms with E-state index in [0.29, 0.717) is 10.7 Å². The minimum atomic E-state index is -3.66. The number of halogens is 3. The average Bonchev–Trinajstić information content (AvgIpc) is 3.16. The lowest BCUT2D eigenvalue weighted by Gasteiger charge is -2.20. The Bertz CT molecular complexity index is 1430. The Morgan fingerprint density at radius 2 is 1.69 bits per heavy atom. The van der Waals surface area contributed by atoms with Crippen LogP contribution in [0.25, 0.3) is 11.1 Å². The number of benzene rings is 3. The van der Waals surface area contributed by atoms with Gasteiger partial charge in [-0.1, -0.05) is 29.8 Å². The number of carbonyl (C=O) groups excluding carboxylic acids is 2. The second-order valence-corrected chi connectivity index (χ2v) is 10.3. The second-order valence-electron chi connectivity index (χ2n) is 8.12. The van der Waals surface area contributed by atoms with E-state index in [4.69, 9.17) is 11.6 Å². The van der Waals surface area contributed by atoms with E-state index in [-0.39, 0.29) is 35.5 Å². The van der Waals surface area contributed by atoms with Crippen molar-refractivity contribution in [1.29, 1.82) is 0 Å². The van der Waals surface area contributed by atoms with Crippen LogP contribution in [0.15, 0.2) is 60.7 Å². The largest absolute Gasteiger partial charge is 0.326 e. The van der Waals surface area contributed by atoms with Gasteiger partial charge < -0.3 is 15.5 Å². The Balaban J connectivity index is 1.52. The number of rotatable bonds is 6. The number of sulfonamides is 1. The first-order valence-corrected chi connectivity index (χ1v) is 13.0. The van der Waals surface area contributed by atoms with Crippen molar-refractivity contribution in [1.82, 2.24) is 5.32 Å². The van der Waals surface area contributed by atoms with Crippen LogP contribution >= 0.6 is 11.6 Å². The van der Waals surface area contributed by atoms with Crippen LogP contribution in [0.4, 0.5) is 30.6 Å². The van der Waals surface area contributed by atoms with Crippen molar-refractivity contribution in [2.24, 2.45) is 0 Å². The number of para-hydroxylation sites is 1. The van der Waals surface area contributed by atoms with Gasteiger partial charge in [0.25, 0.3) is 0 Å². The molecule has 0 bridgehead atoms. The van der Waals surface area contributed by atoms with E-state index >= 15 is 8.78 Å². The Morgan fingerprint density at radius 1 is 1.00 bits per heavy atom. The van der Waals surface area contributed by atoms with Gasteiger partial charge in [-0.15, -0.1) is 0 Å². The second kappa shape index (κ2) is 10.1. The van der Waals surface area contributed by atoms with Crippen molar-refractivity contribution >= 4 is 50.6 Å².